The number of carbonyl (C=O) groups is 1. The number of halogens is 1. The number of alkyl halides is 1. The molecule has 0 amide bonds. The van der Waals surface area contributed by atoms with Crippen LogP contribution in [0.3, 0.4) is 0 Å². The average molecular weight is 219 g/mol. The van der Waals surface area contributed by atoms with Crippen LogP contribution in [0.2, 0.25) is 0 Å². The van der Waals surface area contributed by atoms with E-state index >= 15 is 0 Å². The molecule has 1 fully saturated rings. The normalized spacial score (nSPS) is 27.6. The molecular formula is C10H18FNO3. The Hall–Kier alpha value is -0.680. The van der Waals surface area contributed by atoms with Gasteiger partial charge in [0, 0.05) is 19.9 Å². The second-order valence-electron chi connectivity index (χ2n) is 4.95. The third kappa shape index (κ3) is 3.43. The van der Waals surface area contributed by atoms with Crippen LogP contribution in [0.25, 0.3) is 0 Å². The molecule has 2 atom stereocenters. The highest BCUT2D eigenvalue weighted by atomic mass is 19.1. The van der Waals surface area contributed by atoms with Gasteiger partial charge in [0.15, 0.2) is 6.10 Å². The molecule has 0 aromatic rings. The predicted octanol–water partition coefficient (Wildman–Crippen LogP) is 1.13. The van der Waals surface area contributed by atoms with Crippen LogP contribution in [0.5, 0.6) is 0 Å². The summed E-state index contributed by atoms with van der Waals surface area (Å²) < 4.78 is 23.6. The van der Waals surface area contributed by atoms with Crippen molar-refractivity contribution in [3.63, 3.8) is 0 Å². The highest BCUT2D eigenvalue weighted by molar-refractivity contribution is 5.77. The van der Waals surface area contributed by atoms with Gasteiger partial charge in [-0.1, -0.05) is 0 Å². The fraction of sp³-hybridized carbons (Fsp3) is 0.900. The van der Waals surface area contributed by atoms with Crippen molar-refractivity contribution in [2.75, 3.05) is 0 Å². The van der Waals surface area contributed by atoms with Crippen molar-refractivity contribution in [3.8, 4) is 0 Å². The van der Waals surface area contributed by atoms with Gasteiger partial charge in [0.25, 0.3) is 0 Å². The zero-order valence-electron chi connectivity index (χ0n) is 9.54. The van der Waals surface area contributed by atoms with Gasteiger partial charge in [-0.2, -0.15) is 0 Å². The van der Waals surface area contributed by atoms with E-state index in [0.29, 0.717) is 0 Å². The van der Waals surface area contributed by atoms with Gasteiger partial charge in [-0.15, -0.1) is 0 Å². The lowest BCUT2D eigenvalue weighted by atomic mass is 9.98. The Morgan fingerprint density at radius 1 is 1.60 bits per heavy atom. The van der Waals surface area contributed by atoms with Crippen molar-refractivity contribution in [3.05, 3.63) is 0 Å². The molecule has 0 aromatic heterocycles. The number of hydrogen-bond acceptors (Lipinski definition) is 4. The van der Waals surface area contributed by atoms with E-state index in [4.69, 9.17) is 15.2 Å². The summed E-state index contributed by atoms with van der Waals surface area (Å²) in [6, 6.07) is -0.681. The summed E-state index contributed by atoms with van der Waals surface area (Å²) in [6.07, 6.45) is -0.807. The molecule has 0 aliphatic carbocycles. The molecule has 1 aliphatic rings. The standard InChI is InChI=1S/C10H18FNO3/c1-9(2,11)5-6(12)7-8(13)15-10(3,4)14-7/h6-7H,5,12H2,1-4H3/t6-,7?/m0/s1. The average Bonchev–Trinajstić information content (AvgIpc) is 2.20. The Kier molecular flexibility index (Phi) is 3.07. The zero-order valence-corrected chi connectivity index (χ0v) is 9.54. The minimum atomic E-state index is -1.42. The Labute approximate surface area is 88.9 Å². The fourth-order valence-electron chi connectivity index (χ4n) is 1.61. The first-order valence-electron chi connectivity index (χ1n) is 4.96. The van der Waals surface area contributed by atoms with E-state index in [2.05, 4.69) is 0 Å². The minimum absolute atomic E-state index is 0.0584. The number of hydrogen-bond donors (Lipinski definition) is 1. The first-order chi connectivity index (χ1) is 6.61. The van der Waals surface area contributed by atoms with Crippen LogP contribution in [-0.2, 0) is 14.3 Å². The van der Waals surface area contributed by atoms with Crippen molar-refractivity contribution in [2.24, 2.45) is 5.73 Å². The molecule has 0 saturated carbocycles. The first kappa shape index (κ1) is 12.4. The topological polar surface area (TPSA) is 61.6 Å². The van der Waals surface area contributed by atoms with Crippen LogP contribution < -0.4 is 5.73 Å². The van der Waals surface area contributed by atoms with Gasteiger partial charge in [-0.05, 0) is 20.3 Å². The number of esters is 1. The molecule has 0 radical (unpaired) electrons. The Balaban J connectivity index is 2.62. The molecule has 15 heavy (non-hydrogen) atoms. The summed E-state index contributed by atoms with van der Waals surface area (Å²) in [6.45, 7) is 6.08. The maximum absolute atomic E-state index is 13.3. The van der Waals surface area contributed by atoms with Gasteiger partial charge < -0.3 is 15.2 Å². The van der Waals surface area contributed by atoms with Gasteiger partial charge in [-0.3, -0.25) is 0 Å². The third-order valence-electron chi connectivity index (χ3n) is 2.10. The Bertz CT molecular complexity index is 260. The number of rotatable bonds is 3. The summed E-state index contributed by atoms with van der Waals surface area (Å²) in [7, 11) is 0. The van der Waals surface area contributed by atoms with Crippen molar-refractivity contribution in [1.29, 1.82) is 0 Å². The predicted molar refractivity (Wildman–Crippen MR) is 52.8 cm³/mol. The van der Waals surface area contributed by atoms with E-state index in [1.165, 1.54) is 13.8 Å². The minimum Gasteiger partial charge on any atom is -0.432 e. The Morgan fingerprint density at radius 2 is 2.13 bits per heavy atom. The largest absolute Gasteiger partial charge is 0.432 e. The van der Waals surface area contributed by atoms with Gasteiger partial charge in [0.05, 0.1) is 0 Å². The molecule has 1 rings (SSSR count). The lowest BCUT2D eigenvalue weighted by molar-refractivity contribution is -0.161. The fourth-order valence-corrected chi connectivity index (χ4v) is 1.61. The molecular weight excluding hydrogens is 201 g/mol. The molecule has 1 heterocycles. The Morgan fingerprint density at radius 3 is 2.47 bits per heavy atom. The maximum atomic E-state index is 13.3. The number of nitrogens with two attached hydrogens (primary N) is 1. The van der Waals surface area contributed by atoms with Crippen LogP contribution >= 0.6 is 0 Å². The van der Waals surface area contributed by atoms with Crippen molar-refractivity contribution >= 4 is 5.97 Å². The highest BCUT2D eigenvalue weighted by Crippen LogP contribution is 2.28. The molecule has 4 nitrogen and oxygen atoms in total. The molecule has 0 spiro atoms. The van der Waals surface area contributed by atoms with E-state index < -0.39 is 29.6 Å². The summed E-state index contributed by atoms with van der Waals surface area (Å²) >= 11 is 0. The van der Waals surface area contributed by atoms with Crippen LogP contribution in [0.15, 0.2) is 0 Å². The molecule has 0 aromatic carbocycles. The van der Waals surface area contributed by atoms with Crippen molar-refractivity contribution in [2.45, 2.75) is 57.7 Å². The summed E-state index contributed by atoms with van der Waals surface area (Å²) in [5.74, 6) is -1.48. The van der Waals surface area contributed by atoms with E-state index in [1.807, 2.05) is 0 Å². The summed E-state index contributed by atoms with van der Waals surface area (Å²) in [5.41, 5.74) is 4.29. The molecule has 5 heteroatoms. The van der Waals surface area contributed by atoms with Gasteiger partial charge in [0.2, 0.25) is 5.79 Å². The number of carbonyl (C=O) groups excluding carboxylic acids is 1. The van der Waals surface area contributed by atoms with Crippen LogP contribution in [-0.4, -0.2) is 29.6 Å². The lowest BCUT2D eigenvalue weighted by Gasteiger charge is -2.23. The van der Waals surface area contributed by atoms with Gasteiger partial charge in [-0.25, -0.2) is 9.18 Å². The summed E-state index contributed by atoms with van der Waals surface area (Å²) in [4.78, 5) is 11.4. The maximum Gasteiger partial charge on any atom is 0.339 e. The van der Waals surface area contributed by atoms with Crippen LogP contribution in [0, 0.1) is 0 Å². The van der Waals surface area contributed by atoms with Gasteiger partial charge in [0.1, 0.15) is 5.67 Å². The number of cyclic esters (lactones) is 1. The van der Waals surface area contributed by atoms with E-state index in [9.17, 15) is 9.18 Å². The zero-order chi connectivity index (χ0) is 11.9. The SMILES string of the molecule is CC(C)(F)C[C@H](N)C1OC(C)(C)OC1=O. The first-order valence-corrected chi connectivity index (χ1v) is 4.96. The summed E-state index contributed by atoms with van der Waals surface area (Å²) in [5, 5.41) is 0. The molecule has 1 saturated heterocycles. The van der Waals surface area contributed by atoms with Crippen molar-refractivity contribution in [1.82, 2.24) is 0 Å². The quantitative estimate of drug-likeness (QED) is 0.723. The smallest absolute Gasteiger partial charge is 0.339 e. The van der Waals surface area contributed by atoms with Crippen molar-refractivity contribution < 1.29 is 18.7 Å². The second-order valence-corrected chi connectivity index (χ2v) is 4.95. The van der Waals surface area contributed by atoms with E-state index in [1.54, 1.807) is 13.8 Å². The van der Waals surface area contributed by atoms with Crippen LogP contribution in [0.4, 0.5) is 4.39 Å². The monoisotopic (exact) mass is 219 g/mol. The lowest BCUT2D eigenvalue weighted by Crippen LogP contribution is -2.43. The molecule has 0 bridgehead atoms. The molecule has 1 unspecified atom stereocenters. The van der Waals surface area contributed by atoms with Gasteiger partial charge >= 0.3 is 5.97 Å². The number of ether oxygens (including phenoxy) is 2. The van der Waals surface area contributed by atoms with E-state index in [-0.39, 0.29) is 6.42 Å². The highest BCUT2D eigenvalue weighted by Gasteiger charge is 2.45. The molecule has 1 aliphatic heterocycles. The molecule has 88 valence electrons. The van der Waals surface area contributed by atoms with E-state index in [0.717, 1.165) is 0 Å². The van der Waals surface area contributed by atoms with Crippen LogP contribution in [0.1, 0.15) is 34.1 Å². The second kappa shape index (κ2) is 3.72. The third-order valence-corrected chi connectivity index (χ3v) is 2.10. The molecule has 2 N–H and O–H groups in total.